The second-order valence-electron chi connectivity index (χ2n) is 9.32. The second kappa shape index (κ2) is 11.2. The highest BCUT2D eigenvalue weighted by molar-refractivity contribution is 5.99. The molecule has 3 aromatic rings. The average Bonchev–Trinajstić information content (AvgIpc) is 3.15. The van der Waals surface area contributed by atoms with Gasteiger partial charge >= 0.3 is 0 Å². The molecule has 0 aliphatic carbocycles. The van der Waals surface area contributed by atoms with Crippen molar-refractivity contribution in [3.8, 4) is 11.5 Å². The molecule has 0 N–H and O–H groups in total. The third kappa shape index (κ3) is 4.85. The molecule has 0 fully saturated rings. The van der Waals surface area contributed by atoms with Gasteiger partial charge in [-0.15, -0.1) is 0 Å². The first-order valence-electron chi connectivity index (χ1n) is 12.6. The summed E-state index contributed by atoms with van der Waals surface area (Å²) in [5.41, 5.74) is 3.33. The summed E-state index contributed by atoms with van der Waals surface area (Å²) in [5.74, 6) is 0.973. The molecular formula is C29H35NO6. The fourth-order valence-corrected chi connectivity index (χ4v) is 4.73. The maximum Gasteiger partial charge on any atom is 0.290 e. The Morgan fingerprint density at radius 3 is 2.44 bits per heavy atom. The minimum Gasteiger partial charge on any atom is -0.493 e. The van der Waals surface area contributed by atoms with Crippen molar-refractivity contribution in [1.29, 1.82) is 0 Å². The fraction of sp³-hybridized carbons (Fsp3) is 0.448. The molecule has 2 heterocycles. The molecule has 7 nitrogen and oxygen atoms in total. The van der Waals surface area contributed by atoms with E-state index in [0.29, 0.717) is 47.8 Å². The summed E-state index contributed by atoms with van der Waals surface area (Å²) in [4.78, 5) is 28.9. The summed E-state index contributed by atoms with van der Waals surface area (Å²) in [6.07, 6.45) is 4.44. The molecule has 1 aliphatic rings. The van der Waals surface area contributed by atoms with Crippen LogP contribution in [0.1, 0.15) is 71.5 Å². The van der Waals surface area contributed by atoms with Gasteiger partial charge in [0, 0.05) is 13.7 Å². The van der Waals surface area contributed by atoms with E-state index in [0.717, 1.165) is 29.5 Å². The highest BCUT2D eigenvalue weighted by atomic mass is 16.5. The minimum atomic E-state index is -0.614. The molecular weight excluding hydrogens is 458 g/mol. The van der Waals surface area contributed by atoms with Gasteiger partial charge in [-0.3, -0.25) is 9.59 Å². The highest BCUT2D eigenvalue weighted by Crippen LogP contribution is 2.41. The number of aryl methyl sites for hydroxylation is 2. The van der Waals surface area contributed by atoms with Crippen LogP contribution >= 0.6 is 0 Å². The molecule has 192 valence electrons. The zero-order valence-corrected chi connectivity index (χ0v) is 21.8. The van der Waals surface area contributed by atoms with Crippen LogP contribution < -0.4 is 14.9 Å². The zero-order chi connectivity index (χ0) is 25.8. The summed E-state index contributed by atoms with van der Waals surface area (Å²) in [6, 6.07) is 8.63. The third-order valence-corrected chi connectivity index (χ3v) is 6.88. The van der Waals surface area contributed by atoms with Gasteiger partial charge in [0.05, 0.1) is 37.3 Å². The first-order valence-corrected chi connectivity index (χ1v) is 12.6. The van der Waals surface area contributed by atoms with Crippen LogP contribution in [0, 0.1) is 13.8 Å². The van der Waals surface area contributed by atoms with Gasteiger partial charge in [-0.2, -0.15) is 0 Å². The molecule has 4 rings (SSSR count). The average molecular weight is 494 g/mol. The molecule has 1 aromatic heterocycles. The summed E-state index contributed by atoms with van der Waals surface area (Å²) in [5, 5.41) is 0.474. The Morgan fingerprint density at radius 1 is 0.944 bits per heavy atom. The zero-order valence-electron chi connectivity index (χ0n) is 21.8. The van der Waals surface area contributed by atoms with Crippen LogP contribution in [0.2, 0.25) is 0 Å². The topological polar surface area (TPSA) is 78.2 Å². The normalized spacial score (nSPS) is 15.0. The van der Waals surface area contributed by atoms with Gasteiger partial charge in [0.2, 0.25) is 5.76 Å². The molecule has 7 heteroatoms. The molecule has 36 heavy (non-hydrogen) atoms. The number of carbonyl (C=O) groups is 1. The van der Waals surface area contributed by atoms with Gasteiger partial charge in [0.15, 0.2) is 16.9 Å². The number of hydrogen-bond acceptors (Lipinski definition) is 6. The maximum atomic E-state index is 13.8. The van der Waals surface area contributed by atoms with Crippen molar-refractivity contribution in [3.05, 3.63) is 68.6 Å². The number of carbonyl (C=O) groups excluding carboxylic acids is 1. The molecule has 0 saturated heterocycles. The van der Waals surface area contributed by atoms with Crippen molar-refractivity contribution in [2.24, 2.45) is 0 Å². The van der Waals surface area contributed by atoms with Crippen molar-refractivity contribution < 1.29 is 23.4 Å². The van der Waals surface area contributed by atoms with Gasteiger partial charge in [0.1, 0.15) is 5.58 Å². The number of benzene rings is 2. The van der Waals surface area contributed by atoms with Crippen LogP contribution in [0.4, 0.5) is 0 Å². The van der Waals surface area contributed by atoms with Crippen LogP contribution in [-0.2, 0) is 4.74 Å². The van der Waals surface area contributed by atoms with Crippen molar-refractivity contribution in [3.63, 3.8) is 0 Å². The molecule has 1 aliphatic heterocycles. The maximum absolute atomic E-state index is 13.8. The molecule has 1 amide bonds. The predicted octanol–water partition coefficient (Wildman–Crippen LogP) is 5.57. The molecule has 0 spiro atoms. The third-order valence-electron chi connectivity index (χ3n) is 6.88. The monoisotopic (exact) mass is 493 g/mol. The Hall–Kier alpha value is -3.32. The van der Waals surface area contributed by atoms with Crippen molar-refractivity contribution in [2.45, 2.75) is 52.5 Å². The van der Waals surface area contributed by atoms with Gasteiger partial charge in [-0.1, -0.05) is 32.3 Å². The number of amides is 1. The van der Waals surface area contributed by atoms with E-state index in [-0.39, 0.29) is 17.1 Å². The Balaban J connectivity index is 1.78. The quantitative estimate of drug-likeness (QED) is 0.325. The number of hydrogen-bond donors (Lipinski definition) is 0. The van der Waals surface area contributed by atoms with E-state index in [2.05, 4.69) is 6.92 Å². The van der Waals surface area contributed by atoms with Crippen molar-refractivity contribution in [1.82, 2.24) is 4.90 Å². The van der Waals surface area contributed by atoms with Crippen LogP contribution in [0.5, 0.6) is 11.5 Å². The lowest BCUT2D eigenvalue weighted by Gasteiger charge is -2.25. The van der Waals surface area contributed by atoms with Crippen LogP contribution in [0.15, 0.2) is 39.5 Å². The summed E-state index contributed by atoms with van der Waals surface area (Å²) in [6.45, 7) is 7.34. The van der Waals surface area contributed by atoms with Gasteiger partial charge in [0.25, 0.3) is 5.91 Å². The summed E-state index contributed by atoms with van der Waals surface area (Å²) >= 11 is 0. The highest BCUT2D eigenvalue weighted by Gasteiger charge is 2.42. The number of fused-ring (bicyclic) bond motifs is 2. The summed E-state index contributed by atoms with van der Waals surface area (Å²) < 4.78 is 22.9. The van der Waals surface area contributed by atoms with E-state index < -0.39 is 6.04 Å². The Kier molecular flexibility index (Phi) is 7.99. The van der Waals surface area contributed by atoms with Gasteiger partial charge < -0.3 is 23.5 Å². The van der Waals surface area contributed by atoms with Crippen LogP contribution in [0.25, 0.3) is 11.0 Å². The Bertz CT molecular complexity index is 1310. The standard InChI is InChI=1S/C29H35NO6/c1-6-7-8-9-13-35-22-11-10-20(17-24(22)34-5)26-25-27(31)21-15-18(2)19(3)16-23(21)36-28(25)29(32)30(26)12-14-33-4/h10-11,15-17,26H,6-9,12-14H2,1-5H3. The first kappa shape index (κ1) is 25.8. The number of rotatable bonds is 11. The Morgan fingerprint density at radius 2 is 1.72 bits per heavy atom. The number of ether oxygens (including phenoxy) is 3. The van der Waals surface area contributed by atoms with Crippen LogP contribution in [-0.4, -0.2) is 44.8 Å². The summed E-state index contributed by atoms with van der Waals surface area (Å²) in [7, 11) is 3.17. The number of nitrogens with zero attached hydrogens (tertiary/aromatic N) is 1. The largest absolute Gasteiger partial charge is 0.493 e. The number of methoxy groups -OCH3 is 2. The van der Waals surface area contributed by atoms with E-state index in [1.165, 1.54) is 12.8 Å². The lowest BCUT2D eigenvalue weighted by atomic mass is 9.97. The van der Waals surface area contributed by atoms with E-state index in [9.17, 15) is 9.59 Å². The van der Waals surface area contributed by atoms with E-state index in [1.807, 2.05) is 44.2 Å². The molecule has 2 aromatic carbocycles. The molecule has 0 saturated carbocycles. The van der Waals surface area contributed by atoms with E-state index >= 15 is 0 Å². The molecule has 0 bridgehead atoms. The Labute approximate surface area is 212 Å². The van der Waals surface area contributed by atoms with Crippen LogP contribution in [0.3, 0.4) is 0 Å². The molecule has 1 atom stereocenters. The molecule has 0 radical (unpaired) electrons. The van der Waals surface area contributed by atoms with Crippen molar-refractivity contribution >= 4 is 16.9 Å². The van der Waals surface area contributed by atoms with Gasteiger partial charge in [-0.25, -0.2) is 0 Å². The first-order chi connectivity index (χ1) is 17.4. The van der Waals surface area contributed by atoms with Gasteiger partial charge in [-0.05, 0) is 61.2 Å². The predicted molar refractivity (Wildman–Crippen MR) is 139 cm³/mol. The van der Waals surface area contributed by atoms with E-state index in [4.69, 9.17) is 18.6 Å². The number of unbranched alkanes of at least 4 members (excludes halogenated alkanes) is 3. The molecule has 1 unspecified atom stereocenters. The second-order valence-corrected chi connectivity index (χ2v) is 9.32. The lowest BCUT2D eigenvalue weighted by Crippen LogP contribution is -2.32. The fourth-order valence-electron chi connectivity index (χ4n) is 4.73. The van der Waals surface area contributed by atoms with E-state index in [1.54, 1.807) is 19.1 Å². The minimum absolute atomic E-state index is 0.0899. The SMILES string of the molecule is CCCCCCOc1ccc(C2c3c(oc4cc(C)c(C)cc4c3=O)C(=O)N2CCOC)cc1OC. The smallest absolute Gasteiger partial charge is 0.290 e. The van der Waals surface area contributed by atoms with Crippen molar-refractivity contribution in [2.75, 3.05) is 34.0 Å². The lowest BCUT2D eigenvalue weighted by molar-refractivity contribution is 0.0663.